The molecule has 3 aromatic carbocycles. The predicted octanol–water partition coefficient (Wildman–Crippen LogP) is 4.56. The molecule has 31 heavy (non-hydrogen) atoms. The Balaban J connectivity index is 1.86. The average molecular weight is 432 g/mol. The van der Waals surface area contributed by atoms with Gasteiger partial charge in [-0.15, -0.1) is 11.3 Å². The molecule has 0 aliphatic heterocycles. The maximum atomic E-state index is 13.6. The Hall–Kier alpha value is -3.71. The van der Waals surface area contributed by atoms with Crippen LogP contribution in [0.4, 0.5) is 4.39 Å². The van der Waals surface area contributed by atoms with Gasteiger partial charge in [-0.1, -0.05) is 30.3 Å². The highest BCUT2D eigenvalue weighted by Crippen LogP contribution is 2.31. The minimum Gasteiger partial charge on any atom is -0.497 e. The summed E-state index contributed by atoms with van der Waals surface area (Å²) in [6, 6.07) is 20.5. The highest BCUT2D eigenvalue weighted by atomic mass is 32.1. The number of hydrogen-bond donors (Lipinski definition) is 0. The maximum absolute atomic E-state index is 13.6. The Bertz CT molecular complexity index is 1550. The number of halogens is 1. The Morgan fingerprint density at radius 3 is 2.52 bits per heavy atom. The molecule has 0 atom stereocenters. The van der Waals surface area contributed by atoms with Crippen LogP contribution in [0.1, 0.15) is 5.56 Å². The van der Waals surface area contributed by atoms with Crippen molar-refractivity contribution in [3.8, 4) is 11.4 Å². The molecule has 154 valence electrons. The first-order chi connectivity index (χ1) is 15.1. The van der Waals surface area contributed by atoms with E-state index in [1.165, 1.54) is 35.6 Å². The SMILES string of the molecule is COc1cccc(Cn2c(=O)n(-c3ccc(F)cc3)c(=O)c3sc4ccccc4c32)c1. The van der Waals surface area contributed by atoms with E-state index in [4.69, 9.17) is 4.74 Å². The Kier molecular flexibility index (Phi) is 4.67. The van der Waals surface area contributed by atoms with Crippen LogP contribution in [0.25, 0.3) is 26.0 Å². The van der Waals surface area contributed by atoms with Crippen molar-refractivity contribution < 1.29 is 9.13 Å². The second-order valence-electron chi connectivity index (χ2n) is 7.11. The third kappa shape index (κ3) is 3.23. The smallest absolute Gasteiger partial charge is 0.336 e. The van der Waals surface area contributed by atoms with Crippen LogP contribution < -0.4 is 16.0 Å². The van der Waals surface area contributed by atoms with Crippen LogP contribution in [-0.4, -0.2) is 16.2 Å². The Morgan fingerprint density at radius 1 is 0.968 bits per heavy atom. The molecular weight excluding hydrogens is 415 g/mol. The third-order valence-corrected chi connectivity index (χ3v) is 6.37. The summed E-state index contributed by atoms with van der Waals surface area (Å²) in [4.78, 5) is 27.0. The van der Waals surface area contributed by atoms with Gasteiger partial charge in [0.05, 0.1) is 24.9 Å². The number of fused-ring (bicyclic) bond motifs is 3. The minimum atomic E-state index is -0.476. The second kappa shape index (κ2) is 7.52. The topological polar surface area (TPSA) is 53.2 Å². The van der Waals surface area contributed by atoms with E-state index in [-0.39, 0.29) is 6.54 Å². The Labute approximate surface area is 180 Å². The molecule has 0 aliphatic carbocycles. The van der Waals surface area contributed by atoms with Crippen molar-refractivity contribution in [1.29, 1.82) is 0 Å². The van der Waals surface area contributed by atoms with Gasteiger partial charge in [0, 0.05) is 10.1 Å². The summed E-state index contributed by atoms with van der Waals surface area (Å²) in [6.07, 6.45) is 0. The number of ether oxygens (including phenoxy) is 1. The number of benzene rings is 3. The van der Waals surface area contributed by atoms with Crippen LogP contribution >= 0.6 is 11.3 Å². The fraction of sp³-hybridized carbons (Fsp3) is 0.0833. The average Bonchev–Trinajstić information content (AvgIpc) is 3.18. The molecule has 0 saturated carbocycles. The summed E-state index contributed by atoms with van der Waals surface area (Å²) in [6.45, 7) is 0.259. The summed E-state index contributed by atoms with van der Waals surface area (Å²) in [7, 11) is 1.59. The molecule has 5 nitrogen and oxygen atoms in total. The molecule has 2 aromatic heterocycles. The summed E-state index contributed by atoms with van der Waals surface area (Å²) < 4.78 is 22.9. The van der Waals surface area contributed by atoms with Gasteiger partial charge in [-0.25, -0.2) is 13.8 Å². The Morgan fingerprint density at radius 2 is 1.74 bits per heavy atom. The molecule has 7 heteroatoms. The third-order valence-electron chi connectivity index (χ3n) is 5.22. The number of aromatic nitrogens is 2. The molecule has 0 unspecified atom stereocenters. The van der Waals surface area contributed by atoms with Gasteiger partial charge < -0.3 is 4.74 Å². The van der Waals surface area contributed by atoms with Crippen LogP contribution in [0.2, 0.25) is 0 Å². The van der Waals surface area contributed by atoms with E-state index >= 15 is 0 Å². The molecule has 5 rings (SSSR count). The standard InChI is InChI=1S/C24H17FN2O3S/c1-30-18-6-4-5-15(13-18)14-26-21-19-7-2-3-8-20(19)31-22(21)23(28)27(24(26)29)17-11-9-16(25)10-12-17/h2-13H,14H2,1H3. The van der Waals surface area contributed by atoms with Crippen molar-refractivity contribution in [3.63, 3.8) is 0 Å². The summed E-state index contributed by atoms with van der Waals surface area (Å²) >= 11 is 1.35. The summed E-state index contributed by atoms with van der Waals surface area (Å²) in [5, 5.41) is 0.853. The van der Waals surface area contributed by atoms with Gasteiger partial charge in [0.1, 0.15) is 16.3 Å². The van der Waals surface area contributed by atoms with Gasteiger partial charge in [0.2, 0.25) is 0 Å². The molecule has 0 N–H and O–H groups in total. The van der Waals surface area contributed by atoms with Crippen LogP contribution in [-0.2, 0) is 6.54 Å². The largest absolute Gasteiger partial charge is 0.497 e. The number of nitrogens with zero attached hydrogens (tertiary/aromatic N) is 2. The quantitative estimate of drug-likeness (QED) is 0.418. The number of rotatable bonds is 4. The van der Waals surface area contributed by atoms with E-state index in [0.29, 0.717) is 21.7 Å². The van der Waals surface area contributed by atoms with Crippen LogP contribution in [0.3, 0.4) is 0 Å². The van der Waals surface area contributed by atoms with E-state index in [0.717, 1.165) is 20.2 Å². The fourth-order valence-electron chi connectivity index (χ4n) is 3.77. The first-order valence-electron chi connectivity index (χ1n) is 9.63. The normalized spacial score (nSPS) is 11.3. The zero-order valence-corrected chi connectivity index (χ0v) is 17.4. The molecule has 0 spiro atoms. The number of hydrogen-bond acceptors (Lipinski definition) is 4. The van der Waals surface area contributed by atoms with Crippen molar-refractivity contribution in [2.24, 2.45) is 0 Å². The lowest BCUT2D eigenvalue weighted by Crippen LogP contribution is -2.38. The lowest BCUT2D eigenvalue weighted by atomic mass is 10.2. The highest BCUT2D eigenvalue weighted by molar-refractivity contribution is 7.25. The zero-order chi connectivity index (χ0) is 21.5. The van der Waals surface area contributed by atoms with Gasteiger partial charge >= 0.3 is 5.69 Å². The van der Waals surface area contributed by atoms with E-state index in [2.05, 4.69) is 0 Å². The first kappa shape index (κ1) is 19.3. The van der Waals surface area contributed by atoms with E-state index in [1.54, 1.807) is 11.7 Å². The van der Waals surface area contributed by atoms with Crippen molar-refractivity contribution in [1.82, 2.24) is 9.13 Å². The van der Waals surface area contributed by atoms with Crippen molar-refractivity contribution in [3.05, 3.63) is 105 Å². The molecule has 2 heterocycles. The van der Waals surface area contributed by atoms with Crippen molar-refractivity contribution >= 4 is 31.6 Å². The van der Waals surface area contributed by atoms with Gasteiger partial charge in [-0.05, 0) is 48.0 Å². The molecular formula is C24H17FN2O3S. The van der Waals surface area contributed by atoms with Crippen LogP contribution in [0.15, 0.2) is 82.4 Å². The lowest BCUT2D eigenvalue weighted by Gasteiger charge is -2.13. The monoisotopic (exact) mass is 432 g/mol. The molecule has 0 radical (unpaired) electrons. The molecule has 0 bridgehead atoms. The zero-order valence-electron chi connectivity index (χ0n) is 16.5. The number of thiophene rings is 1. The first-order valence-corrected chi connectivity index (χ1v) is 10.4. The lowest BCUT2D eigenvalue weighted by molar-refractivity contribution is 0.414. The van der Waals surface area contributed by atoms with E-state index in [1.807, 2.05) is 48.5 Å². The van der Waals surface area contributed by atoms with Gasteiger partial charge in [0.25, 0.3) is 5.56 Å². The van der Waals surface area contributed by atoms with Crippen molar-refractivity contribution in [2.75, 3.05) is 7.11 Å². The fourth-order valence-corrected chi connectivity index (χ4v) is 4.90. The van der Waals surface area contributed by atoms with Crippen molar-refractivity contribution in [2.45, 2.75) is 6.54 Å². The van der Waals surface area contributed by atoms with E-state index in [9.17, 15) is 14.0 Å². The van der Waals surface area contributed by atoms with E-state index < -0.39 is 17.1 Å². The molecule has 5 aromatic rings. The summed E-state index contributed by atoms with van der Waals surface area (Å²) in [5.74, 6) is 0.250. The molecule has 0 amide bonds. The minimum absolute atomic E-state index is 0.259. The molecule has 0 fully saturated rings. The highest BCUT2D eigenvalue weighted by Gasteiger charge is 2.19. The number of methoxy groups -OCH3 is 1. The predicted molar refractivity (Wildman–Crippen MR) is 121 cm³/mol. The van der Waals surface area contributed by atoms with Gasteiger partial charge in [-0.3, -0.25) is 9.36 Å². The second-order valence-corrected chi connectivity index (χ2v) is 8.17. The van der Waals surface area contributed by atoms with Gasteiger partial charge in [0.15, 0.2) is 0 Å². The molecule has 0 saturated heterocycles. The van der Waals surface area contributed by atoms with Gasteiger partial charge in [-0.2, -0.15) is 0 Å². The molecule has 0 aliphatic rings. The van der Waals surface area contributed by atoms with Crippen LogP contribution in [0.5, 0.6) is 5.75 Å². The van der Waals surface area contributed by atoms with Crippen LogP contribution in [0, 0.1) is 5.82 Å². The summed E-state index contributed by atoms with van der Waals surface area (Å²) in [5.41, 5.74) is 0.916. The maximum Gasteiger partial charge on any atom is 0.336 e.